The monoisotopic (exact) mass is 286 g/mol. The van der Waals surface area contributed by atoms with E-state index in [1.54, 1.807) is 6.07 Å². The molecule has 0 aliphatic heterocycles. The number of benzene rings is 1. The number of carbonyl (C=O) groups is 1. The molecule has 0 aliphatic rings. The van der Waals surface area contributed by atoms with E-state index < -0.39 is 5.97 Å². The van der Waals surface area contributed by atoms with Crippen molar-refractivity contribution in [2.45, 2.75) is 27.2 Å². The Morgan fingerprint density at radius 1 is 1.48 bits per heavy atom. The molecule has 0 aliphatic carbocycles. The van der Waals surface area contributed by atoms with Crippen LogP contribution in [-0.4, -0.2) is 24.2 Å². The lowest BCUT2D eigenvalue weighted by Gasteiger charge is -2.27. The van der Waals surface area contributed by atoms with Crippen molar-refractivity contribution >= 4 is 17.7 Å². The van der Waals surface area contributed by atoms with Crippen molar-refractivity contribution in [1.29, 1.82) is 5.26 Å². The molecule has 0 bridgehead atoms. The molecule has 0 spiro atoms. The fraction of sp³-hybridized carbons (Fsp3) is 0.412. The zero-order valence-corrected chi connectivity index (χ0v) is 12.8. The lowest BCUT2D eigenvalue weighted by Crippen LogP contribution is -2.28. The largest absolute Gasteiger partial charge is 0.478 e. The topological polar surface area (TPSA) is 64.3 Å². The highest BCUT2D eigenvalue weighted by atomic mass is 16.4. The lowest BCUT2D eigenvalue weighted by atomic mass is 10.0. The summed E-state index contributed by atoms with van der Waals surface area (Å²) in [5.74, 6) is -0.437. The molecule has 0 saturated heterocycles. The minimum Gasteiger partial charge on any atom is -0.478 e. The average Bonchev–Trinajstić information content (AvgIpc) is 2.50. The number of carboxylic acid groups (broad SMARTS) is 1. The van der Waals surface area contributed by atoms with Crippen LogP contribution in [0.2, 0.25) is 0 Å². The van der Waals surface area contributed by atoms with E-state index in [0.717, 1.165) is 36.8 Å². The molecule has 4 nitrogen and oxygen atoms in total. The van der Waals surface area contributed by atoms with Crippen molar-refractivity contribution in [2.24, 2.45) is 5.92 Å². The molecular formula is C17H22N2O2. The van der Waals surface area contributed by atoms with Crippen molar-refractivity contribution in [2.75, 3.05) is 18.0 Å². The molecule has 1 aromatic rings. The molecule has 1 unspecified atom stereocenters. The second-order valence-corrected chi connectivity index (χ2v) is 5.11. The summed E-state index contributed by atoms with van der Waals surface area (Å²) in [7, 11) is 0. The van der Waals surface area contributed by atoms with Crippen LogP contribution in [-0.2, 0) is 4.79 Å². The summed E-state index contributed by atoms with van der Waals surface area (Å²) in [6, 6.07) is 7.67. The number of hydrogen-bond donors (Lipinski definition) is 1. The van der Waals surface area contributed by atoms with Crippen LogP contribution < -0.4 is 4.90 Å². The third-order valence-electron chi connectivity index (χ3n) is 3.51. The summed E-state index contributed by atoms with van der Waals surface area (Å²) < 4.78 is 0. The Labute approximate surface area is 126 Å². The van der Waals surface area contributed by atoms with Crippen molar-refractivity contribution in [3.63, 3.8) is 0 Å². The third kappa shape index (κ3) is 4.96. The van der Waals surface area contributed by atoms with Gasteiger partial charge in [0.05, 0.1) is 11.3 Å². The second kappa shape index (κ2) is 8.11. The first-order valence-electron chi connectivity index (χ1n) is 7.21. The SMILES string of the molecule is CCC(C)CN(CC)c1ccc(/C=C/C(=O)O)cc1C#N. The number of nitrogens with zero attached hydrogens (tertiary/aromatic N) is 2. The van der Waals surface area contributed by atoms with Crippen LogP contribution in [0.5, 0.6) is 0 Å². The van der Waals surface area contributed by atoms with Gasteiger partial charge in [-0.2, -0.15) is 5.26 Å². The molecule has 112 valence electrons. The van der Waals surface area contributed by atoms with Gasteiger partial charge in [-0.1, -0.05) is 26.3 Å². The predicted octanol–water partition coefficient (Wildman–Crippen LogP) is 3.53. The Morgan fingerprint density at radius 3 is 2.71 bits per heavy atom. The van der Waals surface area contributed by atoms with Crippen LogP contribution in [0.1, 0.15) is 38.3 Å². The molecule has 0 amide bonds. The number of carboxylic acids is 1. The van der Waals surface area contributed by atoms with Gasteiger partial charge in [0.1, 0.15) is 6.07 Å². The normalized spacial score (nSPS) is 12.1. The van der Waals surface area contributed by atoms with E-state index in [2.05, 4.69) is 31.7 Å². The van der Waals surface area contributed by atoms with Gasteiger partial charge in [-0.3, -0.25) is 0 Å². The van der Waals surface area contributed by atoms with E-state index in [-0.39, 0.29) is 0 Å². The molecule has 0 radical (unpaired) electrons. The quantitative estimate of drug-likeness (QED) is 0.779. The Bertz CT molecular complexity index is 558. The van der Waals surface area contributed by atoms with Gasteiger partial charge >= 0.3 is 5.97 Å². The zero-order chi connectivity index (χ0) is 15.8. The summed E-state index contributed by atoms with van der Waals surface area (Å²) in [4.78, 5) is 12.7. The lowest BCUT2D eigenvalue weighted by molar-refractivity contribution is -0.131. The van der Waals surface area contributed by atoms with Crippen LogP contribution in [0.15, 0.2) is 24.3 Å². The maximum atomic E-state index is 10.5. The average molecular weight is 286 g/mol. The van der Waals surface area contributed by atoms with Crippen molar-refractivity contribution in [1.82, 2.24) is 0 Å². The molecule has 21 heavy (non-hydrogen) atoms. The van der Waals surface area contributed by atoms with Gasteiger partial charge in [0.2, 0.25) is 0 Å². The number of hydrogen-bond acceptors (Lipinski definition) is 3. The highest BCUT2D eigenvalue weighted by Crippen LogP contribution is 2.23. The summed E-state index contributed by atoms with van der Waals surface area (Å²) in [6.07, 6.45) is 3.67. The summed E-state index contributed by atoms with van der Waals surface area (Å²) in [6.45, 7) is 8.17. The van der Waals surface area contributed by atoms with Crippen molar-refractivity contribution in [3.05, 3.63) is 35.4 Å². The highest BCUT2D eigenvalue weighted by Gasteiger charge is 2.12. The Kier molecular flexibility index (Phi) is 6.48. The van der Waals surface area contributed by atoms with Crippen LogP contribution in [0.3, 0.4) is 0 Å². The summed E-state index contributed by atoms with van der Waals surface area (Å²) >= 11 is 0. The second-order valence-electron chi connectivity index (χ2n) is 5.11. The van der Waals surface area contributed by atoms with Gasteiger partial charge in [0, 0.05) is 19.2 Å². The molecule has 0 aromatic heterocycles. The van der Waals surface area contributed by atoms with Gasteiger partial charge in [-0.05, 0) is 36.6 Å². The third-order valence-corrected chi connectivity index (χ3v) is 3.51. The van der Waals surface area contributed by atoms with E-state index in [4.69, 9.17) is 5.11 Å². The predicted molar refractivity (Wildman–Crippen MR) is 85.2 cm³/mol. The van der Waals surface area contributed by atoms with Gasteiger partial charge in [-0.25, -0.2) is 4.79 Å². The summed E-state index contributed by atoms with van der Waals surface area (Å²) in [5.41, 5.74) is 2.21. The zero-order valence-electron chi connectivity index (χ0n) is 12.8. The molecule has 1 N–H and O–H groups in total. The first kappa shape index (κ1) is 16.8. The molecule has 1 atom stereocenters. The van der Waals surface area contributed by atoms with E-state index in [1.165, 1.54) is 6.08 Å². The fourth-order valence-corrected chi connectivity index (χ4v) is 2.09. The van der Waals surface area contributed by atoms with Crippen LogP contribution >= 0.6 is 0 Å². The van der Waals surface area contributed by atoms with Crippen LogP contribution in [0.25, 0.3) is 6.08 Å². The van der Waals surface area contributed by atoms with E-state index in [0.29, 0.717) is 11.5 Å². The highest BCUT2D eigenvalue weighted by molar-refractivity contribution is 5.85. The number of nitriles is 1. The standard InChI is InChI=1S/C17H22N2O2/c1-4-13(3)12-19(5-2)16-8-6-14(7-9-17(20)21)10-15(16)11-18/h6-10,13H,4-5,12H2,1-3H3,(H,20,21)/b9-7+. The smallest absolute Gasteiger partial charge is 0.328 e. The molecule has 1 rings (SSSR count). The molecule has 0 saturated carbocycles. The summed E-state index contributed by atoms with van der Waals surface area (Å²) in [5, 5.41) is 18.0. The maximum Gasteiger partial charge on any atom is 0.328 e. The minimum absolute atomic E-state index is 0.558. The van der Waals surface area contributed by atoms with Gasteiger partial charge in [-0.15, -0.1) is 0 Å². The van der Waals surface area contributed by atoms with Crippen molar-refractivity contribution < 1.29 is 9.90 Å². The van der Waals surface area contributed by atoms with Gasteiger partial charge < -0.3 is 10.0 Å². The Morgan fingerprint density at radius 2 is 2.19 bits per heavy atom. The van der Waals surface area contributed by atoms with E-state index >= 15 is 0 Å². The Balaban J connectivity index is 3.07. The molecule has 1 aromatic carbocycles. The van der Waals surface area contributed by atoms with Crippen LogP contribution in [0, 0.1) is 17.2 Å². The van der Waals surface area contributed by atoms with E-state index in [9.17, 15) is 10.1 Å². The van der Waals surface area contributed by atoms with Gasteiger partial charge in [0.15, 0.2) is 0 Å². The minimum atomic E-state index is -0.996. The van der Waals surface area contributed by atoms with Crippen molar-refractivity contribution in [3.8, 4) is 6.07 Å². The number of rotatable bonds is 7. The number of anilines is 1. The first-order valence-corrected chi connectivity index (χ1v) is 7.21. The van der Waals surface area contributed by atoms with Gasteiger partial charge in [0.25, 0.3) is 0 Å². The maximum absolute atomic E-state index is 10.5. The number of aliphatic carboxylic acids is 1. The molecule has 0 heterocycles. The fourth-order valence-electron chi connectivity index (χ4n) is 2.09. The van der Waals surface area contributed by atoms with Crippen LogP contribution in [0.4, 0.5) is 5.69 Å². The molecule has 4 heteroatoms. The first-order chi connectivity index (χ1) is 10.0. The molecule has 0 fully saturated rings. The molecular weight excluding hydrogens is 264 g/mol. The Hall–Kier alpha value is -2.28. The van der Waals surface area contributed by atoms with E-state index in [1.807, 2.05) is 12.1 Å².